The predicted molar refractivity (Wildman–Crippen MR) is 120 cm³/mol. The van der Waals surface area contributed by atoms with Gasteiger partial charge in [0.2, 0.25) is 0 Å². The zero-order chi connectivity index (χ0) is 22.3. The number of ether oxygens (including phenoxy) is 3. The molecule has 1 unspecified atom stereocenters. The van der Waals surface area contributed by atoms with E-state index in [4.69, 9.17) is 18.8 Å². The Kier molecular flexibility index (Phi) is 21.8. The van der Waals surface area contributed by atoms with Crippen LogP contribution < -0.4 is 0 Å². The average molecular weight is 455 g/mol. The van der Waals surface area contributed by atoms with Crippen molar-refractivity contribution in [2.45, 2.75) is 103 Å². The minimum atomic E-state index is -4.44. The highest BCUT2D eigenvalue weighted by atomic mass is 32.3. The van der Waals surface area contributed by atoms with Crippen LogP contribution >= 0.6 is 0 Å². The fourth-order valence-electron chi connectivity index (χ4n) is 3.09. The lowest BCUT2D eigenvalue weighted by atomic mass is 10.1. The molecule has 0 heterocycles. The van der Waals surface area contributed by atoms with Gasteiger partial charge in [0, 0.05) is 6.61 Å². The van der Waals surface area contributed by atoms with Gasteiger partial charge >= 0.3 is 10.4 Å². The van der Waals surface area contributed by atoms with Crippen molar-refractivity contribution in [2.24, 2.45) is 0 Å². The van der Waals surface area contributed by atoms with Gasteiger partial charge in [-0.15, -0.1) is 0 Å². The van der Waals surface area contributed by atoms with E-state index in [0.29, 0.717) is 32.8 Å². The Balaban J connectivity index is 3.19. The van der Waals surface area contributed by atoms with Crippen LogP contribution in [0.3, 0.4) is 0 Å². The highest BCUT2D eigenvalue weighted by Gasteiger charge is 2.15. The summed E-state index contributed by atoms with van der Waals surface area (Å²) in [5.74, 6) is 0. The summed E-state index contributed by atoms with van der Waals surface area (Å²) in [5.41, 5.74) is 0. The molecule has 0 saturated heterocycles. The van der Waals surface area contributed by atoms with E-state index in [9.17, 15) is 8.42 Å². The molecule has 7 nitrogen and oxygen atoms in total. The van der Waals surface area contributed by atoms with Crippen LogP contribution in [0, 0.1) is 0 Å². The summed E-state index contributed by atoms with van der Waals surface area (Å²) in [6, 6.07) is 0. The van der Waals surface area contributed by atoms with Gasteiger partial charge in [0.05, 0.1) is 33.0 Å². The Hall–Kier alpha value is -0.250. The lowest BCUT2D eigenvalue weighted by Gasteiger charge is -2.13. The third kappa shape index (κ3) is 24.0. The van der Waals surface area contributed by atoms with E-state index in [2.05, 4.69) is 11.1 Å². The molecular formula is C22H46O7S. The van der Waals surface area contributed by atoms with Crippen molar-refractivity contribution in [3.8, 4) is 0 Å². The van der Waals surface area contributed by atoms with Gasteiger partial charge in [-0.25, -0.2) is 4.18 Å². The third-order valence-corrected chi connectivity index (χ3v) is 5.42. The van der Waals surface area contributed by atoms with Gasteiger partial charge in [0.25, 0.3) is 0 Å². The lowest BCUT2D eigenvalue weighted by Crippen LogP contribution is -2.23. The zero-order valence-corrected chi connectivity index (χ0v) is 20.1. The minimum Gasteiger partial charge on any atom is -0.379 e. The van der Waals surface area contributed by atoms with Crippen molar-refractivity contribution < 1.29 is 31.4 Å². The molecule has 0 bridgehead atoms. The first-order chi connectivity index (χ1) is 14.5. The van der Waals surface area contributed by atoms with E-state index < -0.39 is 16.5 Å². The van der Waals surface area contributed by atoms with Gasteiger partial charge in [-0.3, -0.25) is 4.55 Å². The van der Waals surface area contributed by atoms with Crippen molar-refractivity contribution in [2.75, 3.05) is 39.6 Å². The molecule has 0 radical (unpaired) electrons. The van der Waals surface area contributed by atoms with Crippen molar-refractivity contribution in [1.82, 2.24) is 0 Å². The van der Waals surface area contributed by atoms with E-state index in [0.717, 1.165) is 13.0 Å². The molecule has 0 rings (SSSR count). The van der Waals surface area contributed by atoms with Gasteiger partial charge in [0.1, 0.15) is 6.10 Å². The number of unbranched alkanes of at least 4 members (excludes halogenated alkanes) is 11. The van der Waals surface area contributed by atoms with Crippen LogP contribution in [0.25, 0.3) is 0 Å². The third-order valence-electron chi connectivity index (χ3n) is 4.90. The molecule has 0 aromatic rings. The van der Waals surface area contributed by atoms with Crippen LogP contribution in [0.4, 0.5) is 0 Å². The van der Waals surface area contributed by atoms with E-state index in [1.54, 1.807) is 6.92 Å². The molecular weight excluding hydrogens is 408 g/mol. The molecule has 0 aromatic heterocycles. The van der Waals surface area contributed by atoms with Crippen LogP contribution in [0.1, 0.15) is 97.3 Å². The van der Waals surface area contributed by atoms with E-state index in [-0.39, 0.29) is 6.61 Å². The molecule has 0 amide bonds. The molecule has 0 aliphatic carbocycles. The first-order valence-corrected chi connectivity index (χ1v) is 13.2. The second-order valence-electron chi connectivity index (χ2n) is 7.74. The number of hydrogen-bond donors (Lipinski definition) is 1. The van der Waals surface area contributed by atoms with Crippen molar-refractivity contribution >= 4 is 10.4 Å². The largest absolute Gasteiger partial charge is 0.397 e. The molecule has 0 aliphatic rings. The van der Waals surface area contributed by atoms with Gasteiger partial charge in [0.15, 0.2) is 0 Å². The maximum absolute atomic E-state index is 10.6. The second kappa shape index (κ2) is 22.0. The van der Waals surface area contributed by atoms with E-state index in [1.807, 2.05) is 0 Å². The molecule has 0 spiro atoms. The van der Waals surface area contributed by atoms with E-state index >= 15 is 0 Å². The van der Waals surface area contributed by atoms with Crippen molar-refractivity contribution in [1.29, 1.82) is 0 Å². The maximum atomic E-state index is 10.6. The monoisotopic (exact) mass is 454 g/mol. The maximum Gasteiger partial charge on any atom is 0.397 e. The average Bonchev–Trinajstić information content (AvgIpc) is 2.70. The second-order valence-corrected chi connectivity index (χ2v) is 8.79. The summed E-state index contributed by atoms with van der Waals surface area (Å²) < 4.78 is 50.7. The topological polar surface area (TPSA) is 91.3 Å². The Labute approximate surface area is 185 Å². The molecule has 30 heavy (non-hydrogen) atoms. The number of rotatable bonds is 24. The highest BCUT2D eigenvalue weighted by Crippen LogP contribution is 2.11. The minimum absolute atomic E-state index is 0.0924. The van der Waals surface area contributed by atoms with Crippen molar-refractivity contribution in [3.05, 3.63) is 0 Å². The standard InChI is InChI=1S/C22H46O7S/c1-3-5-6-7-8-9-10-11-12-13-14-15-16-26-17-18-27-19-20-28-21-22(4-2)29-30(23,24)25/h22H,3-21H2,1-2H3,(H,23,24,25). The Morgan fingerprint density at radius 2 is 1.07 bits per heavy atom. The van der Waals surface area contributed by atoms with Crippen molar-refractivity contribution in [3.63, 3.8) is 0 Å². The molecule has 182 valence electrons. The smallest absolute Gasteiger partial charge is 0.379 e. The lowest BCUT2D eigenvalue weighted by molar-refractivity contribution is -0.00609. The van der Waals surface area contributed by atoms with E-state index in [1.165, 1.54) is 70.6 Å². The van der Waals surface area contributed by atoms with Gasteiger partial charge < -0.3 is 14.2 Å². The molecule has 8 heteroatoms. The summed E-state index contributed by atoms with van der Waals surface area (Å²) in [4.78, 5) is 0. The van der Waals surface area contributed by atoms with Gasteiger partial charge in [-0.1, -0.05) is 84.5 Å². The molecule has 0 saturated carbocycles. The molecule has 0 fully saturated rings. The first kappa shape index (κ1) is 29.8. The summed E-state index contributed by atoms with van der Waals surface area (Å²) in [6.45, 7) is 6.72. The van der Waals surface area contributed by atoms with Gasteiger partial charge in [-0.2, -0.15) is 8.42 Å². The van der Waals surface area contributed by atoms with Crippen LogP contribution in [0.15, 0.2) is 0 Å². The van der Waals surface area contributed by atoms with Crippen LogP contribution in [-0.2, 0) is 28.8 Å². The molecule has 1 atom stereocenters. The molecule has 0 aliphatic heterocycles. The Morgan fingerprint density at radius 1 is 0.633 bits per heavy atom. The summed E-state index contributed by atoms with van der Waals surface area (Å²) in [6.07, 6.45) is 15.8. The highest BCUT2D eigenvalue weighted by molar-refractivity contribution is 7.80. The quantitative estimate of drug-likeness (QED) is 0.156. The first-order valence-electron chi connectivity index (χ1n) is 11.9. The normalized spacial score (nSPS) is 13.0. The van der Waals surface area contributed by atoms with Gasteiger partial charge in [-0.05, 0) is 12.8 Å². The Bertz CT molecular complexity index is 443. The predicted octanol–water partition coefficient (Wildman–Crippen LogP) is 5.34. The Morgan fingerprint density at radius 3 is 1.53 bits per heavy atom. The molecule has 0 aromatic carbocycles. The fourth-order valence-corrected chi connectivity index (χ4v) is 3.62. The van der Waals surface area contributed by atoms with Crippen LogP contribution in [0.2, 0.25) is 0 Å². The summed E-state index contributed by atoms with van der Waals surface area (Å²) >= 11 is 0. The summed E-state index contributed by atoms with van der Waals surface area (Å²) in [5, 5.41) is 0. The summed E-state index contributed by atoms with van der Waals surface area (Å²) in [7, 11) is -4.44. The van der Waals surface area contributed by atoms with Crippen LogP contribution in [0.5, 0.6) is 0 Å². The fraction of sp³-hybridized carbons (Fsp3) is 1.00. The SMILES string of the molecule is CCCCCCCCCCCCCCOCCOCCOCC(CC)OS(=O)(=O)O. The molecule has 1 N–H and O–H groups in total. The van der Waals surface area contributed by atoms with Crippen LogP contribution in [-0.4, -0.2) is 58.7 Å². The number of hydrogen-bond acceptors (Lipinski definition) is 6. The zero-order valence-electron chi connectivity index (χ0n) is 19.3.